The van der Waals surface area contributed by atoms with Gasteiger partial charge < -0.3 is 9.47 Å². The third kappa shape index (κ3) is 7.22. The number of rotatable bonds is 8. The first-order chi connectivity index (χ1) is 30.9. The van der Waals surface area contributed by atoms with Crippen LogP contribution in [0.4, 0.5) is 17.1 Å². The maximum atomic E-state index is 5.01. The van der Waals surface area contributed by atoms with E-state index in [2.05, 4.69) is 258 Å². The monoisotopic (exact) mass is 1010 g/mol. The summed E-state index contributed by atoms with van der Waals surface area (Å²) in [5.74, 6) is 0.831. The van der Waals surface area contributed by atoms with Gasteiger partial charge in [-0.1, -0.05) is 150 Å². The molecule has 0 bridgehead atoms. The minimum absolute atomic E-state index is 0. The van der Waals surface area contributed by atoms with Gasteiger partial charge in [0.05, 0.1) is 11.2 Å². The van der Waals surface area contributed by atoms with E-state index in [1.165, 1.54) is 0 Å². The quantitative estimate of drug-likeness (QED) is 0.142. The largest absolute Gasteiger partial charge is 0.357 e. The molecule has 0 aliphatic carbocycles. The fourth-order valence-electron chi connectivity index (χ4n) is 9.01. The zero-order chi connectivity index (χ0) is 42.5. The number of imidazole rings is 1. The molecule has 0 fully saturated rings. The van der Waals surface area contributed by atoms with Crippen LogP contribution in [-0.4, -0.2) is 18.7 Å². The molecule has 0 amide bonds. The summed E-state index contributed by atoms with van der Waals surface area (Å²) < 4.78 is 6.87. The predicted octanol–water partition coefficient (Wildman–Crippen LogP) is 15.0. The van der Waals surface area contributed by atoms with Gasteiger partial charge in [-0.3, -0.25) is 0 Å². The Bertz CT molecular complexity index is 3380. The Morgan fingerprint density at radius 2 is 1.08 bits per heavy atom. The standard InChI is InChI=1S/C58H44N5.Pt/c1-58(2,3)61-40-60(53-31-15-16-32-54(53)61)45-25-17-26-46(38-45)62(57-48(42-21-9-5-10-22-42)28-18-29-49(57)43-23-11-6-12-24-43)47-33-34-51-50-27-13-14-30-52(50)63(55(51)39-47)56-37-44(35-36-59-56)41-19-7-4-8-20-41;/h4-37,40H,1-3H3;/q-1;. The second-order valence-corrected chi connectivity index (χ2v) is 16.9. The Hall–Kier alpha value is -7.33. The molecule has 0 unspecified atom stereocenters. The van der Waals surface area contributed by atoms with E-state index in [1.807, 2.05) is 6.20 Å². The second kappa shape index (κ2) is 16.7. The third-order valence-corrected chi connectivity index (χ3v) is 11.9. The summed E-state index contributed by atoms with van der Waals surface area (Å²) in [6.07, 6.45) is 4.12. The number of hydrogen-bond donors (Lipinski definition) is 0. The number of aromatic nitrogens is 4. The summed E-state index contributed by atoms with van der Waals surface area (Å²) in [4.78, 5) is 7.37. The van der Waals surface area contributed by atoms with Gasteiger partial charge in [0.25, 0.3) is 0 Å². The third-order valence-electron chi connectivity index (χ3n) is 11.9. The van der Waals surface area contributed by atoms with Crippen LogP contribution >= 0.6 is 0 Å². The number of para-hydroxylation sites is 4. The van der Waals surface area contributed by atoms with Crippen molar-refractivity contribution < 1.29 is 21.1 Å². The number of nitrogens with zero attached hydrogens (tertiary/aromatic N) is 5. The van der Waals surface area contributed by atoms with Crippen LogP contribution in [0.3, 0.4) is 0 Å². The molecule has 8 aromatic carbocycles. The van der Waals surface area contributed by atoms with Gasteiger partial charge >= 0.3 is 0 Å². The van der Waals surface area contributed by atoms with Crippen molar-refractivity contribution in [1.29, 1.82) is 0 Å². The molecule has 0 radical (unpaired) electrons. The Kier molecular flexibility index (Phi) is 10.7. The van der Waals surface area contributed by atoms with Crippen molar-refractivity contribution in [1.82, 2.24) is 18.7 Å². The molecule has 0 aliphatic rings. The number of hydrogen-bond acceptors (Lipinski definition) is 2. The first kappa shape index (κ1) is 40.7. The van der Waals surface area contributed by atoms with Crippen LogP contribution in [0.1, 0.15) is 20.8 Å². The fourth-order valence-corrected chi connectivity index (χ4v) is 9.01. The van der Waals surface area contributed by atoms with E-state index < -0.39 is 0 Å². The molecule has 0 atom stereocenters. The molecule has 0 N–H and O–H groups in total. The molecule has 11 rings (SSSR count). The molecular formula is C58H44N5Pt-. The summed E-state index contributed by atoms with van der Waals surface area (Å²) in [6.45, 7) is 6.74. The summed E-state index contributed by atoms with van der Waals surface area (Å²) in [6, 6.07) is 78.9. The first-order valence-corrected chi connectivity index (χ1v) is 21.5. The van der Waals surface area contributed by atoms with E-state index >= 15 is 0 Å². The van der Waals surface area contributed by atoms with E-state index in [-0.39, 0.29) is 26.6 Å². The zero-order valence-corrected chi connectivity index (χ0v) is 38.0. The van der Waals surface area contributed by atoms with Crippen LogP contribution in [0.5, 0.6) is 0 Å². The molecule has 3 heterocycles. The minimum Gasteiger partial charge on any atom is -0.357 e. The van der Waals surface area contributed by atoms with E-state index in [1.54, 1.807) is 0 Å². The Labute approximate surface area is 388 Å². The van der Waals surface area contributed by atoms with E-state index in [0.29, 0.717) is 0 Å². The SMILES string of the molecule is CC(C)(C)n1[cH+]n(-c2[c-]c(N(c3[c-]c4c(cc3)c3ccccc3n4-c3cc(-c4ccccc4)ccn3)c3c(-c4ccccc4)cccc3-c3ccccc3)ccc2)c2ccccc21.[Pt]. The molecular weight excluding hydrogens is 962 g/mol. The zero-order valence-electron chi connectivity index (χ0n) is 35.8. The van der Waals surface area contributed by atoms with Gasteiger partial charge in [0.1, 0.15) is 5.82 Å². The topological polar surface area (TPSA) is 30.9 Å². The maximum Gasteiger partial charge on any atom is 0.188 e. The predicted molar refractivity (Wildman–Crippen MR) is 261 cm³/mol. The number of pyridine rings is 1. The number of fused-ring (bicyclic) bond motifs is 4. The summed E-state index contributed by atoms with van der Waals surface area (Å²) in [7, 11) is 0. The van der Waals surface area contributed by atoms with Crippen LogP contribution < -0.4 is 4.90 Å². The average Bonchev–Trinajstić information content (AvgIpc) is 3.90. The van der Waals surface area contributed by atoms with Gasteiger partial charge in [-0.25, -0.2) is 14.1 Å². The van der Waals surface area contributed by atoms with Crippen molar-refractivity contribution >= 4 is 49.9 Å². The Morgan fingerprint density at radius 1 is 0.500 bits per heavy atom. The molecule has 6 heteroatoms. The van der Waals surface area contributed by atoms with E-state index in [9.17, 15) is 0 Å². The fraction of sp³-hybridized carbons (Fsp3) is 0.0690. The number of anilines is 3. The van der Waals surface area contributed by atoms with E-state index in [0.717, 1.165) is 94.8 Å². The molecule has 11 aromatic rings. The number of benzene rings is 8. The molecule has 312 valence electrons. The van der Waals surface area contributed by atoms with E-state index in [4.69, 9.17) is 4.98 Å². The van der Waals surface area contributed by atoms with Crippen LogP contribution in [0, 0.1) is 12.1 Å². The second-order valence-electron chi connectivity index (χ2n) is 16.9. The Balaban J connectivity index is 0.00000484. The molecule has 64 heavy (non-hydrogen) atoms. The summed E-state index contributed by atoms with van der Waals surface area (Å²) in [5, 5.41) is 2.24. The van der Waals surface area contributed by atoms with Crippen molar-refractivity contribution in [2.75, 3.05) is 4.90 Å². The van der Waals surface area contributed by atoms with Crippen molar-refractivity contribution in [3.8, 4) is 44.9 Å². The van der Waals surface area contributed by atoms with Gasteiger partial charge in [0, 0.05) is 61.7 Å². The van der Waals surface area contributed by atoms with Gasteiger partial charge in [0.15, 0.2) is 17.4 Å². The van der Waals surface area contributed by atoms with Crippen LogP contribution in [-0.2, 0) is 26.6 Å². The molecule has 3 aromatic heterocycles. The van der Waals surface area contributed by atoms with Crippen molar-refractivity contribution in [2.45, 2.75) is 26.3 Å². The summed E-state index contributed by atoms with van der Waals surface area (Å²) >= 11 is 0. The van der Waals surface area contributed by atoms with Gasteiger partial charge in [-0.2, -0.15) is 12.1 Å². The van der Waals surface area contributed by atoms with Crippen LogP contribution in [0.15, 0.2) is 213 Å². The van der Waals surface area contributed by atoms with Crippen molar-refractivity contribution in [3.05, 3.63) is 225 Å². The van der Waals surface area contributed by atoms with Crippen molar-refractivity contribution in [3.63, 3.8) is 0 Å². The van der Waals surface area contributed by atoms with Gasteiger partial charge in [-0.05, 0) is 78.7 Å². The molecule has 5 nitrogen and oxygen atoms in total. The normalized spacial score (nSPS) is 11.5. The molecule has 0 spiro atoms. The maximum absolute atomic E-state index is 5.01. The van der Waals surface area contributed by atoms with Crippen LogP contribution in [0.25, 0.3) is 77.7 Å². The van der Waals surface area contributed by atoms with Gasteiger partial charge in [-0.15, -0.1) is 29.7 Å². The smallest absolute Gasteiger partial charge is 0.188 e. The minimum atomic E-state index is -0.133. The molecule has 0 saturated carbocycles. The Morgan fingerprint density at radius 3 is 1.75 bits per heavy atom. The summed E-state index contributed by atoms with van der Waals surface area (Å²) in [5.41, 5.74) is 14.6. The first-order valence-electron chi connectivity index (χ1n) is 21.5. The molecule has 0 aliphatic heterocycles. The van der Waals surface area contributed by atoms with Gasteiger partial charge in [0.2, 0.25) is 0 Å². The average molecular weight is 1010 g/mol. The molecule has 0 saturated heterocycles. The van der Waals surface area contributed by atoms with Crippen LogP contribution in [0.2, 0.25) is 0 Å². The van der Waals surface area contributed by atoms with Crippen molar-refractivity contribution in [2.24, 2.45) is 0 Å².